The number of hydrogen-bond donors (Lipinski definition) is 2. The second-order valence-corrected chi connectivity index (χ2v) is 5.25. The van der Waals surface area contributed by atoms with Gasteiger partial charge >= 0.3 is 0 Å². The fourth-order valence-electron chi connectivity index (χ4n) is 2.86. The van der Waals surface area contributed by atoms with Crippen molar-refractivity contribution in [2.75, 3.05) is 33.9 Å². The lowest BCUT2D eigenvalue weighted by molar-refractivity contribution is -0.922. The van der Waals surface area contributed by atoms with Crippen molar-refractivity contribution in [1.29, 1.82) is 0 Å². The quantitative estimate of drug-likeness (QED) is 0.815. The summed E-state index contributed by atoms with van der Waals surface area (Å²) < 4.78 is 10.7. The third-order valence-corrected chi connectivity index (χ3v) is 3.91. The van der Waals surface area contributed by atoms with Crippen molar-refractivity contribution in [3.05, 3.63) is 23.8 Å². The van der Waals surface area contributed by atoms with Crippen molar-refractivity contribution in [2.24, 2.45) is 5.92 Å². The number of aliphatic hydroxyl groups excluding tert-OH is 1. The Morgan fingerprint density at radius 3 is 2.84 bits per heavy atom. The van der Waals surface area contributed by atoms with Crippen LogP contribution in [0, 0.1) is 5.92 Å². The number of benzene rings is 1. The molecule has 0 radical (unpaired) electrons. The number of likely N-dealkylation sites (tertiary alicyclic amines) is 1. The van der Waals surface area contributed by atoms with Crippen molar-refractivity contribution < 1.29 is 19.5 Å². The van der Waals surface area contributed by atoms with E-state index in [-0.39, 0.29) is 0 Å². The van der Waals surface area contributed by atoms with E-state index in [2.05, 4.69) is 0 Å². The molecule has 2 N–H and O–H groups in total. The van der Waals surface area contributed by atoms with Crippen LogP contribution in [0.15, 0.2) is 18.2 Å². The lowest BCUT2D eigenvalue weighted by Crippen LogP contribution is -3.12. The van der Waals surface area contributed by atoms with Gasteiger partial charge in [0.2, 0.25) is 0 Å². The molecule has 1 aromatic carbocycles. The first kappa shape index (κ1) is 14.2. The minimum atomic E-state index is 0.304. The van der Waals surface area contributed by atoms with Crippen LogP contribution >= 0.6 is 0 Å². The Labute approximate surface area is 114 Å². The monoisotopic (exact) mass is 266 g/mol. The first-order valence-electron chi connectivity index (χ1n) is 6.92. The number of ether oxygens (including phenoxy) is 2. The van der Waals surface area contributed by atoms with Gasteiger partial charge in [0.25, 0.3) is 0 Å². The Hall–Kier alpha value is -1.26. The van der Waals surface area contributed by atoms with Gasteiger partial charge in [-0.15, -0.1) is 0 Å². The fraction of sp³-hybridized carbons (Fsp3) is 0.600. The molecular formula is C15H24NO3+. The lowest BCUT2D eigenvalue weighted by atomic mass is 9.98. The Kier molecular flexibility index (Phi) is 5.05. The van der Waals surface area contributed by atoms with Crippen LogP contribution in [0.25, 0.3) is 0 Å². The van der Waals surface area contributed by atoms with Crippen LogP contribution in [0.4, 0.5) is 0 Å². The molecule has 1 saturated heterocycles. The summed E-state index contributed by atoms with van der Waals surface area (Å²) in [4.78, 5) is 1.51. The molecule has 1 aliphatic rings. The van der Waals surface area contributed by atoms with Gasteiger partial charge in [-0.3, -0.25) is 0 Å². The van der Waals surface area contributed by atoms with Gasteiger partial charge in [0.15, 0.2) is 0 Å². The largest absolute Gasteiger partial charge is 0.497 e. The Balaban J connectivity index is 2.08. The van der Waals surface area contributed by atoms with E-state index < -0.39 is 0 Å². The summed E-state index contributed by atoms with van der Waals surface area (Å²) in [6.07, 6.45) is 2.34. The molecule has 2 atom stereocenters. The first-order chi connectivity index (χ1) is 9.26. The second kappa shape index (κ2) is 6.78. The van der Waals surface area contributed by atoms with Gasteiger partial charge in [-0.2, -0.15) is 0 Å². The molecule has 2 rings (SSSR count). The minimum absolute atomic E-state index is 0.304. The van der Waals surface area contributed by atoms with E-state index >= 15 is 0 Å². The molecule has 0 spiro atoms. The van der Waals surface area contributed by atoms with Crippen LogP contribution in [0.5, 0.6) is 11.5 Å². The van der Waals surface area contributed by atoms with E-state index in [1.54, 1.807) is 14.2 Å². The molecule has 1 aromatic rings. The lowest BCUT2D eigenvalue weighted by Gasteiger charge is -2.29. The van der Waals surface area contributed by atoms with Crippen LogP contribution in [-0.2, 0) is 6.54 Å². The van der Waals surface area contributed by atoms with Gasteiger partial charge < -0.3 is 19.5 Å². The summed E-state index contributed by atoms with van der Waals surface area (Å²) in [5.41, 5.74) is 1.18. The predicted octanol–water partition coefficient (Wildman–Crippen LogP) is 0.491. The average molecular weight is 266 g/mol. The number of piperidine rings is 1. The number of rotatable bonds is 5. The molecule has 4 nitrogen and oxygen atoms in total. The molecule has 0 bridgehead atoms. The third-order valence-electron chi connectivity index (χ3n) is 3.91. The SMILES string of the molecule is COc1ccc(OC)c(C[NH+]2CCC[C@@H](CO)C2)c1. The Morgan fingerprint density at radius 1 is 1.32 bits per heavy atom. The van der Waals surface area contributed by atoms with E-state index in [1.807, 2.05) is 18.2 Å². The van der Waals surface area contributed by atoms with E-state index in [1.165, 1.54) is 16.9 Å². The summed E-state index contributed by atoms with van der Waals surface area (Å²) in [6.45, 7) is 3.43. The summed E-state index contributed by atoms with van der Waals surface area (Å²) in [5.74, 6) is 2.23. The topological polar surface area (TPSA) is 43.1 Å². The van der Waals surface area contributed by atoms with E-state index in [0.29, 0.717) is 12.5 Å². The van der Waals surface area contributed by atoms with Crippen LogP contribution in [0.2, 0.25) is 0 Å². The number of quaternary nitrogens is 1. The first-order valence-corrected chi connectivity index (χ1v) is 6.92. The van der Waals surface area contributed by atoms with Gasteiger partial charge in [-0.25, -0.2) is 0 Å². The van der Waals surface area contributed by atoms with Crippen LogP contribution in [0.3, 0.4) is 0 Å². The van der Waals surface area contributed by atoms with Crippen molar-refractivity contribution in [3.63, 3.8) is 0 Å². The maximum atomic E-state index is 9.30. The molecule has 4 heteroatoms. The van der Waals surface area contributed by atoms with Crippen molar-refractivity contribution in [1.82, 2.24) is 0 Å². The summed E-state index contributed by atoms with van der Waals surface area (Å²) in [7, 11) is 3.38. The fourth-order valence-corrected chi connectivity index (χ4v) is 2.86. The molecule has 1 fully saturated rings. The molecule has 0 saturated carbocycles. The molecule has 106 valence electrons. The average Bonchev–Trinajstić information content (AvgIpc) is 2.47. The second-order valence-electron chi connectivity index (χ2n) is 5.25. The zero-order chi connectivity index (χ0) is 13.7. The number of methoxy groups -OCH3 is 2. The summed E-state index contributed by atoms with van der Waals surface area (Å²) in [5, 5.41) is 9.30. The molecule has 0 aromatic heterocycles. The maximum Gasteiger partial charge on any atom is 0.127 e. The van der Waals surface area contributed by atoms with E-state index in [4.69, 9.17) is 9.47 Å². The predicted molar refractivity (Wildman–Crippen MR) is 73.8 cm³/mol. The highest BCUT2D eigenvalue weighted by molar-refractivity contribution is 5.39. The highest BCUT2D eigenvalue weighted by Crippen LogP contribution is 2.23. The molecule has 1 aliphatic heterocycles. The standard InChI is InChI=1S/C15H23NO3/c1-18-14-5-6-15(19-2)13(8-14)10-16-7-3-4-12(9-16)11-17/h5-6,8,12,17H,3-4,7,9-11H2,1-2H3/p+1/t12-/m1/s1. The van der Waals surface area contributed by atoms with Gasteiger partial charge in [0, 0.05) is 5.92 Å². The number of nitrogens with one attached hydrogen (secondary N) is 1. The van der Waals surface area contributed by atoms with Gasteiger partial charge in [-0.05, 0) is 31.0 Å². The highest BCUT2D eigenvalue weighted by atomic mass is 16.5. The highest BCUT2D eigenvalue weighted by Gasteiger charge is 2.23. The molecule has 0 aliphatic carbocycles. The van der Waals surface area contributed by atoms with Crippen molar-refractivity contribution >= 4 is 0 Å². The van der Waals surface area contributed by atoms with E-state index in [0.717, 1.165) is 37.6 Å². The van der Waals surface area contributed by atoms with Crippen molar-refractivity contribution in [3.8, 4) is 11.5 Å². The zero-order valence-electron chi connectivity index (χ0n) is 11.8. The maximum absolute atomic E-state index is 9.30. The molecule has 1 heterocycles. The summed E-state index contributed by atoms with van der Waals surface area (Å²) >= 11 is 0. The van der Waals surface area contributed by atoms with Crippen molar-refractivity contribution in [2.45, 2.75) is 19.4 Å². The smallest absolute Gasteiger partial charge is 0.127 e. The molecule has 0 amide bonds. The van der Waals surface area contributed by atoms with Gasteiger partial charge in [-0.1, -0.05) is 0 Å². The summed E-state index contributed by atoms with van der Waals surface area (Å²) in [6, 6.07) is 5.93. The van der Waals surface area contributed by atoms with Gasteiger partial charge in [0.05, 0.1) is 39.5 Å². The number of hydrogen-bond acceptors (Lipinski definition) is 3. The van der Waals surface area contributed by atoms with Crippen LogP contribution in [-0.4, -0.2) is 39.0 Å². The van der Waals surface area contributed by atoms with Crippen LogP contribution < -0.4 is 14.4 Å². The third kappa shape index (κ3) is 3.61. The minimum Gasteiger partial charge on any atom is -0.497 e. The molecule has 19 heavy (non-hydrogen) atoms. The normalized spacial score (nSPS) is 23.1. The molecular weight excluding hydrogens is 242 g/mol. The Bertz CT molecular complexity index is 408. The van der Waals surface area contributed by atoms with Crippen LogP contribution in [0.1, 0.15) is 18.4 Å². The Morgan fingerprint density at radius 2 is 2.16 bits per heavy atom. The van der Waals surface area contributed by atoms with E-state index in [9.17, 15) is 5.11 Å². The number of aliphatic hydroxyl groups is 1. The zero-order valence-corrected chi connectivity index (χ0v) is 11.8. The molecule has 1 unspecified atom stereocenters. The van der Waals surface area contributed by atoms with Gasteiger partial charge in [0.1, 0.15) is 18.0 Å².